The smallest absolute Gasteiger partial charge is 0.433 e. The number of aromatic amines is 1. The van der Waals surface area contributed by atoms with Crippen molar-refractivity contribution in [3.05, 3.63) is 92.5 Å². The standard InChI is InChI=1S/C30H31ClF3N3O4/c1-16(2)41-13-12-36-21-11-10-17(31)14-20(21)29(3,4)22(36)15-19-25(38)23(26(19)39)24-27(30(32,33)34)35-37(28(24)40)18-8-6-5-7-9-18/h5-11,14-16,19,23,25-26,35H,12-13H2,1-4H3/q-2. The Morgan fingerprint density at radius 2 is 1.78 bits per heavy atom. The zero-order chi connectivity index (χ0) is 29.9. The number of allylic oxidation sites excluding steroid dienone is 1. The molecule has 220 valence electrons. The summed E-state index contributed by atoms with van der Waals surface area (Å²) in [5, 5.41) is 29.7. The first kappa shape index (κ1) is 29.4. The van der Waals surface area contributed by atoms with Gasteiger partial charge in [-0.15, -0.1) is 12.2 Å². The van der Waals surface area contributed by atoms with Crippen LogP contribution in [0.5, 0.6) is 0 Å². The molecule has 1 aliphatic carbocycles. The Balaban J connectivity index is 1.52. The minimum absolute atomic E-state index is 0.00345. The molecule has 41 heavy (non-hydrogen) atoms. The van der Waals surface area contributed by atoms with Crippen molar-refractivity contribution in [2.45, 2.75) is 63.5 Å². The molecule has 0 amide bonds. The monoisotopic (exact) mass is 589 g/mol. The second-order valence-electron chi connectivity index (χ2n) is 11.3. The van der Waals surface area contributed by atoms with E-state index in [2.05, 4.69) is 5.10 Å². The third-order valence-corrected chi connectivity index (χ3v) is 8.23. The maximum atomic E-state index is 14.0. The Bertz CT molecular complexity index is 1500. The third-order valence-electron chi connectivity index (χ3n) is 7.99. The van der Waals surface area contributed by atoms with Gasteiger partial charge in [-0.2, -0.15) is 13.2 Å². The molecule has 2 heterocycles. The van der Waals surface area contributed by atoms with Gasteiger partial charge in [-0.3, -0.25) is 9.89 Å². The molecule has 1 aromatic heterocycles. The molecule has 1 aliphatic heterocycles. The van der Waals surface area contributed by atoms with Crippen LogP contribution < -0.4 is 20.7 Å². The van der Waals surface area contributed by atoms with Gasteiger partial charge in [0, 0.05) is 28.4 Å². The summed E-state index contributed by atoms with van der Waals surface area (Å²) in [6.07, 6.45) is -6.85. The molecule has 1 saturated carbocycles. The number of H-pyrrole nitrogens is 1. The Morgan fingerprint density at radius 3 is 2.39 bits per heavy atom. The molecule has 3 aromatic rings. The highest BCUT2D eigenvalue weighted by atomic mass is 35.5. The first-order valence-electron chi connectivity index (χ1n) is 13.4. The molecule has 0 spiro atoms. The van der Waals surface area contributed by atoms with Crippen molar-refractivity contribution in [1.29, 1.82) is 0 Å². The van der Waals surface area contributed by atoms with Crippen LogP contribution in [0.1, 0.15) is 50.4 Å². The largest absolute Gasteiger partial charge is 0.851 e. The van der Waals surface area contributed by atoms with Gasteiger partial charge in [-0.25, -0.2) is 4.68 Å². The van der Waals surface area contributed by atoms with Crippen molar-refractivity contribution in [2.75, 3.05) is 18.1 Å². The predicted molar refractivity (Wildman–Crippen MR) is 146 cm³/mol. The molecule has 2 unspecified atom stereocenters. The molecule has 0 saturated heterocycles. The second kappa shape index (κ2) is 10.7. The first-order chi connectivity index (χ1) is 19.2. The zero-order valence-corrected chi connectivity index (χ0v) is 23.8. The number of para-hydroxylation sites is 1. The first-order valence-corrected chi connectivity index (χ1v) is 13.8. The zero-order valence-electron chi connectivity index (χ0n) is 23.0. The van der Waals surface area contributed by atoms with E-state index in [-0.39, 0.29) is 11.8 Å². The van der Waals surface area contributed by atoms with Crippen LogP contribution in [0.3, 0.4) is 0 Å². The topological polar surface area (TPSA) is 96.4 Å². The van der Waals surface area contributed by atoms with E-state index in [4.69, 9.17) is 16.3 Å². The fourth-order valence-electron chi connectivity index (χ4n) is 5.91. The van der Waals surface area contributed by atoms with E-state index in [1.54, 1.807) is 30.3 Å². The fourth-order valence-corrected chi connectivity index (χ4v) is 6.08. The van der Waals surface area contributed by atoms with Crippen molar-refractivity contribution in [2.24, 2.45) is 5.92 Å². The lowest BCUT2D eigenvalue weighted by molar-refractivity contribution is -0.543. The molecule has 1 fully saturated rings. The summed E-state index contributed by atoms with van der Waals surface area (Å²) < 4.78 is 48.6. The fraction of sp³-hybridized carbons (Fsp3) is 0.433. The molecule has 2 aromatic carbocycles. The van der Waals surface area contributed by atoms with Crippen LogP contribution in [0.15, 0.2) is 65.1 Å². The van der Waals surface area contributed by atoms with E-state index in [1.807, 2.05) is 44.7 Å². The predicted octanol–water partition coefficient (Wildman–Crippen LogP) is 4.12. The van der Waals surface area contributed by atoms with Crippen LogP contribution in [0.4, 0.5) is 18.9 Å². The van der Waals surface area contributed by atoms with Crippen LogP contribution >= 0.6 is 11.6 Å². The number of hydrogen-bond donors (Lipinski definition) is 1. The van der Waals surface area contributed by atoms with Crippen molar-refractivity contribution in [1.82, 2.24) is 9.78 Å². The molecule has 7 nitrogen and oxygen atoms in total. The highest BCUT2D eigenvalue weighted by Gasteiger charge is 2.48. The molecule has 5 rings (SSSR count). The summed E-state index contributed by atoms with van der Waals surface area (Å²) in [6.45, 7) is 8.53. The van der Waals surface area contributed by atoms with Gasteiger partial charge in [0.1, 0.15) is 5.69 Å². The lowest BCUT2D eigenvalue weighted by Gasteiger charge is -2.60. The van der Waals surface area contributed by atoms with E-state index >= 15 is 0 Å². The van der Waals surface area contributed by atoms with Gasteiger partial charge in [0.15, 0.2) is 0 Å². The Hall–Kier alpha value is -3.05. The summed E-state index contributed by atoms with van der Waals surface area (Å²) in [5.41, 5.74) is -1.25. The van der Waals surface area contributed by atoms with Gasteiger partial charge in [0.2, 0.25) is 0 Å². The van der Waals surface area contributed by atoms with E-state index in [9.17, 15) is 28.2 Å². The van der Waals surface area contributed by atoms with E-state index in [1.165, 1.54) is 12.1 Å². The van der Waals surface area contributed by atoms with Gasteiger partial charge >= 0.3 is 6.18 Å². The molecule has 2 atom stereocenters. The minimum atomic E-state index is -4.96. The second-order valence-corrected chi connectivity index (χ2v) is 11.8. The quantitative estimate of drug-likeness (QED) is 0.447. The number of nitrogens with zero attached hydrogens (tertiary/aromatic N) is 2. The molecule has 11 heteroatoms. The van der Waals surface area contributed by atoms with Crippen molar-refractivity contribution in [3.63, 3.8) is 0 Å². The Morgan fingerprint density at radius 1 is 1.12 bits per heavy atom. The van der Waals surface area contributed by atoms with Gasteiger partial charge in [-0.1, -0.05) is 49.7 Å². The molecular weight excluding hydrogens is 559 g/mol. The minimum Gasteiger partial charge on any atom is -0.851 e. The van der Waals surface area contributed by atoms with Crippen molar-refractivity contribution < 1.29 is 28.1 Å². The van der Waals surface area contributed by atoms with Crippen LogP contribution in [0, 0.1) is 5.92 Å². The van der Waals surface area contributed by atoms with Gasteiger partial charge < -0.3 is 19.8 Å². The van der Waals surface area contributed by atoms with E-state index < -0.39 is 52.5 Å². The SMILES string of the molecule is CC(C)OCCN1C(=CC2C([O-])C(c3c(C(F)(F)F)[nH]n(-c4ccccc4)c3=O)C2[O-])C(C)(C)c2cc(Cl)ccc21. The molecule has 1 N–H and O–H groups in total. The number of benzene rings is 2. The normalized spacial score (nSPS) is 24.7. The highest BCUT2D eigenvalue weighted by Crippen LogP contribution is 2.51. The average Bonchev–Trinajstić information content (AvgIpc) is 3.34. The van der Waals surface area contributed by atoms with Crippen LogP contribution in [-0.2, 0) is 16.3 Å². The molecule has 0 bridgehead atoms. The maximum absolute atomic E-state index is 14.0. The summed E-state index contributed by atoms with van der Waals surface area (Å²) in [4.78, 5) is 15.2. The number of rotatable bonds is 7. The number of halogens is 4. The van der Waals surface area contributed by atoms with E-state index in [0.29, 0.717) is 23.9 Å². The van der Waals surface area contributed by atoms with E-state index in [0.717, 1.165) is 15.9 Å². The molecular formula is C30H31ClF3N3O4-2. The summed E-state index contributed by atoms with van der Waals surface area (Å²) in [7, 11) is 0. The number of hydrogen-bond acceptors (Lipinski definition) is 5. The number of ether oxygens (including phenoxy) is 1. The lowest BCUT2D eigenvalue weighted by Crippen LogP contribution is -2.65. The number of anilines is 1. The van der Waals surface area contributed by atoms with Gasteiger partial charge in [0.05, 0.1) is 24.0 Å². The average molecular weight is 590 g/mol. The number of alkyl halides is 3. The summed E-state index contributed by atoms with van der Waals surface area (Å²) >= 11 is 6.29. The number of fused-ring (bicyclic) bond motifs is 1. The lowest BCUT2D eigenvalue weighted by atomic mass is 9.64. The molecule has 2 aliphatic rings. The maximum Gasteiger partial charge on any atom is 0.433 e. The number of nitrogens with one attached hydrogen (secondary N) is 1. The van der Waals surface area contributed by atoms with Gasteiger partial charge in [-0.05, 0) is 61.6 Å². The highest BCUT2D eigenvalue weighted by molar-refractivity contribution is 6.30. The van der Waals surface area contributed by atoms with Crippen molar-refractivity contribution >= 4 is 17.3 Å². The molecule has 0 radical (unpaired) electrons. The van der Waals surface area contributed by atoms with Crippen LogP contribution in [-0.4, -0.2) is 41.2 Å². The Kier molecular flexibility index (Phi) is 7.65. The Labute approximate surface area is 240 Å². The van der Waals surface area contributed by atoms with Crippen LogP contribution in [0.2, 0.25) is 5.02 Å². The summed E-state index contributed by atoms with van der Waals surface area (Å²) in [5.74, 6) is -2.78. The van der Waals surface area contributed by atoms with Crippen LogP contribution in [0.25, 0.3) is 5.69 Å². The third kappa shape index (κ3) is 5.11. The van der Waals surface area contributed by atoms with Gasteiger partial charge in [0.25, 0.3) is 5.56 Å². The summed E-state index contributed by atoms with van der Waals surface area (Å²) in [6, 6.07) is 13.2. The number of aromatic nitrogens is 2. The van der Waals surface area contributed by atoms with Crippen molar-refractivity contribution in [3.8, 4) is 5.69 Å².